The summed E-state index contributed by atoms with van der Waals surface area (Å²) in [5, 5.41) is 6.58. The van der Waals surface area contributed by atoms with E-state index in [0.717, 1.165) is 11.3 Å². The molecule has 210 valence electrons. The second-order valence-electron chi connectivity index (χ2n) is 8.74. The maximum absolute atomic E-state index is 12.9. The van der Waals surface area contributed by atoms with E-state index in [1.165, 1.54) is 0 Å². The number of ether oxygens (including phenoxy) is 3. The second-order valence-corrected chi connectivity index (χ2v) is 10.1. The molecule has 1 fully saturated rings. The maximum atomic E-state index is 12.9. The molecule has 2 aromatic rings. The Bertz CT molecular complexity index is 1120. The molecule has 2 aromatic heterocycles. The highest BCUT2D eigenvalue weighted by Gasteiger charge is 2.35. The van der Waals surface area contributed by atoms with Crippen molar-refractivity contribution < 1.29 is 28.6 Å². The fourth-order valence-electron chi connectivity index (χ4n) is 4.12. The average Bonchev–Trinajstić information content (AvgIpc) is 3.49. The van der Waals surface area contributed by atoms with Gasteiger partial charge in [-0.25, -0.2) is 14.8 Å². The van der Waals surface area contributed by atoms with Crippen molar-refractivity contribution in [2.45, 2.75) is 58.7 Å². The summed E-state index contributed by atoms with van der Waals surface area (Å²) < 4.78 is 16.2. The van der Waals surface area contributed by atoms with Crippen LogP contribution in [-0.4, -0.2) is 90.9 Å². The SMILES string of the molecule is CCOC(=O)c1sc(N2CC[C@H](NC(=O)c3nc(Cl)c(CC)[nH]3)[C@H](OCC)C2)nc1C(=O)NC(C)COC. The molecule has 3 heterocycles. The number of amides is 2. The van der Waals surface area contributed by atoms with Crippen molar-refractivity contribution in [1.29, 1.82) is 0 Å². The number of aromatic amines is 1. The predicted molar refractivity (Wildman–Crippen MR) is 143 cm³/mol. The number of hydrogen-bond donors (Lipinski definition) is 3. The molecule has 2 amide bonds. The largest absolute Gasteiger partial charge is 0.462 e. The van der Waals surface area contributed by atoms with E-state index in [9.17, 15) is 14.4 Å². The minimum absolute atomic E-state index is 0.0104. The Kier molecular flexibility index (Phi) is 10.9. The highest BCUT2D eigenvalue weighted by Crippen LogP contribution is 2.30. The van der Waals surface area contributed by atoms with Gasteiger partial charge in [0.2, 0.25) is 0 Å². The van der Waals surface area contributed by atoms with Crippen LogP contribution >= 0.6 is 22.9 Å². The molecule has 12 nitrogen and oxygen atoms in total. The van der Waals surface area contributed by atoms with Gasteiger partial charge in [0.1, 0.15) is 4.88 Å². The first-order valence-electron chi connectivity index (χ1n) is 12.6. The summed E-state index contributed by atoms with van der Waals surface area (Å²) in [5.74, 6) is -1.29. The molecular weight excluding hydrogens is 536 g/mol. The molecule has 3 atom stereocenters. The molecule has 0 spiro atoms. The first kappa shape index (κ1) is 29.8. The fraction of sp³-hybridized carbons (Fsp3) is 0.625. The topological polar surface area (TPSA) is 148 Å². The Morgan fingerprint density at radius 1 is 1.21 bits per heavy atom. The van der Waals surface area contributed by atoms with Gasteiger partial charge in [0.05, 0.1) is 31.1 Å². The molecule has 1 aliphatic heterocycles. The van der Waals surface area contributed by atoms with Crippen LogP contribution in [-0.2, 0) is 20.6 Å². The number of thiazole rings is 1. The van der Waals surface area contributed by atoms with Gasteiger partial charge in [-0.15, -0.1) is 0 Å². The molecule has 14 heteroatoms. The summed E-state index contributed by atoms with van der Waals surface area (Å²) in [6.45, 7) is 9.14. The number of imidazole rings is 1. The summed E-state index contributed by atoms with van der Waals surface area (Å²) in [6.07, 6.45) is 0.820. The van der Waals surface area contributed by atoms with Crippen LogP contribution in [0.3, 0.4) is 0 Å². The van der Waals surface area contributed by atoms with E-state index >= 15 is 0 Å². The number of halogens is 1. The van der Waals surface area contributed by atoms with Gasteiger partial charge in [-0.1, -0.05) is 29.9 Å². The zero-order valence-electron chi connectivity index (χ0n) is 22.3. The number of H-pyrrole nitrogens is 1. The molecule has 0 bridgehead atoms. The average molecular weight is 571 g/mol. The highest BCUT2D eigenvalue weighted by atomic mass is 35.5. The van der Waals surface area contributed by atoms with Crippen LogP contribution in [0.4, 0.5) is 5.13 Å². The monoisotopic (exact) mass is 570 g/mol. The number of aromatic nitrogens is 3. The van der Waals surface area contributed by atoms with E-state index in [1.54, 1.807) is 21.0 Å². The third-order valence-electron chi connectivity index (χ3n) is 5.91. The molecule has 3 rings (SSSR count). The van der Waals surface area contributed by atoms with E-state index < -0.39 is 11.9 Å². The standard InChI is InChI=1S/C24H35ClN6O6S/c1-6-14-19(25)30-20(27-14)22(33)28-15-9-10-31(11-16(15)36-7-2)24-29-17(18(38-24)23(34)37-8-3)21(32)26-13(4)12-35-5/h13,15-16H,6-12H2,1-5H3,(H,26,32)(H,27,30)(H,28,33)/t13?,15-,16+/m0/s1. The fourth-order valence-corrected chi connectivity index (χ4v) is 5.38. The van der Waals surface area contributed by atoms with Gasteiger partial charge in [0, 0.05) is 32.8 Å². The third-order valence-corrected chi connectivity index (χ3v) is 7.32. The van der Waals surface area contributed by atoms with Crippen LogP contribution in [0, 0.1) is 0 Å². The first-order chi connectivity index (χ1) is 18.2. The number of anilines is 1. The molecule has 1 aliphatic rings. The van der Waals surface area contributed by atoms with Gasteiger partial charge >= 0.3 is 5.97 Å². The molecule has 0 aromatic carbocycles. The molecule has 0 radical (unpaired) electrons. The minimum Gasteiger partial charge on any atom is -0.462 e. The number of nitrogens with one attached hydrogen (secondary N) is 3. The lowest BCUT2D eigenvalue weighted by Gasteiger charge is -2.38. The number of carbonyl (C=O) groups excluding carboxylic acids is 3. The Morgan fingerprint density at radius 3 is 2.61 bits per heavy atom. The van der Waals surface area contributed by atoms with Gasteiger partial charge in [0.15, 0.2) is 21.8 Å². The summed E-state index contributed by atoms with van der Waals surface area (Å²) in [4.78, 5) is 52.1. The van der Waals surface area contributed by atoms with Gasteiger partial charge in [0.25, 0.3) is 11.8 Å². The smallest absolute Gasteiger partial charge is 0.350 e. The van der Waals surface area contributed by atoms with Gasteiger partial charge in [-0.3, -0.25) is 9.59 Å². The number of esters is 1. The number of hydrogen-bond acceptors (Lipinski definition) is 10. The lowest BCUT2D eigenvalue weighted by Crippen LogP contribution is -2.55. The van der Waals surface area contributed by atoms with Crippen LogP contribution in [0.15, 0.2) is 0 Å². The third kappa shape index (κ3) is 7.22. The number of methoxy groups -OCH3 is 1. The van der Waals surface area contributed by atoms with Crippen LogP contribution in [0.5, 0.6) is 0 Å². The van der Waals surface area contributed by atoms with Crippen molar-refractivity contribution in [3.8, 4) is 0 Å². The van der Waals surface area contributed by atoms with Crippen LogP contribution in [0.2, 0.25) is 5.15 Å². The normalized spacial score (nSPS) is 18.2. The van der Waals surface area contributed by atoms with E-state index in [1.807, 2.05) is 18.7 Å². The van der Waals surface area contributed by atoms with Crippen molar-refractivity contribution in [1.82, 2.24) is 25.6 Å². The lowest BCUT2D eigenvalue weighted by molar-refractivity contribution is 0.0271. The zero-order valence-corrected chi connectivity index (χ0v) is 23.8. The van der Waals surface area contributed by atoms with Gasteiger partial charge in [-0.2, -0.15) is 0 Å². The summed E-state index contributed by atoms with van der Waals surface area (Å²) >= 11 is 7.19. The molecule has 38 heavy (non-hydrogen) atoms. The van der Waals surface area contributed by atoms with Gasteiger partial charge < -0.3 is 34.7 Å². The summed E-state index contributed by atoms with van der Waals surface area (Å²) in [5.41, 5.74) is 0.710. The van der Waals surface area contributed by atoms with E-state index in [4.69, 9.17) is 25.8 Å². The predicted octanol–water partition coefficient (Wildman–Crippen LogP) is 2.44. The van der Waals surface area contributed by atoms with Gasteiger partial charge in [-0.05, 0) is 33.6 Å². The van der Waals surface area contributed by atoms with Crippen molar-refractivity contribution in [2.75, 3.05) is 44.9 Å². The number of carbonyl (C=O) groups is 3. The number of piperidine rings is 1. The maximum Gasteiger partial charge on any atom is 0.350 e. The van der Waals surface area contributed by atoms with E-state index in [0.29, 0.717) is 50.0 Å². The highest BCUT2D eigenvalue weighted by molar-refractivity contribution is 7.17. The molecule has 3 N–H and O–H groups in total. The van der Waals surface area contributed by atoms with Crippen LogP contribution in [0.1, 0.15) is 70.6 Å². The molecule has 1 unspecified atom stereocenters. The quantitative estimate of drug-likeness (QED) is 0.327. The summed E-state index contributed by atoms with van der Waals surface area (Å²) in [7, 11) is 1.54. The Hall–Kier alpha value is -2.74. The summed E-state index contributed by atoms with van der Waals surface area (Å²) in [6, 6.07) is -0.554. The lowest BCUT2D eigenvalue weighted by atomic mass is 10.0. The zero-order chi connectivity index (χ0) is 27.8. The molecule has 0 aliphatic carbocycles. The van der Waals surface area contributed by atoms with E-state index in [2.05, 4.69) is 25.6 Å². The number of rotatable bonds is 12. The number of nitrogens with zero attached hydrogens (tertiary/aromatic N) is 3. The Balaban J connectivity index is 1.78. The van der Waals surface area contributed by atoms with Crippen LogP contribution < -0.4 is 15.5 Å². The number of aryl methyl sites for hydroxylation is 1. The Morgan fingerprint density at radius 2 is 1.97 bits per heavy atom. The minimum atomic E-state index is -0.604. The van der Waals surface area contributed by atoms with Crippen molar-refractivity contribution >= 4 is 45.9 Å². The van der Waals surface area contributed by atoms with Crippen molar-refractivity contribution in [3.05, 3.63) is 27.2 Å². The first-order valence-corrected chi connectivity index (χ1v) is 13.8. The van der Waals surface area contributed by atoms with E-state index in [-0.39, 0.29) is 52.3 Å². The molecule has 0 saturated carbocycles. The second kappa shape index (κ2) is 13.9. The van der Waals surface area contributed by atoms with Crippen molar-refractivity contribution in [3.63, 3.8) is 0 Å². The molecule has 1 saturated heterocycles. The Labute approximate surface area is 230 Å². The van der Waals surface area contributed by atoms with Crippen molar-refractivity contribution in [2.24, 2.45) is 0 Å². The molecular formula is C24H35ClN6O6S. The van der Waals surface area contributed by atoms with Crippen LogP contribution in [0.25, 0.3) is 0 Å².